The van der Waals surface area contributed by atoms with Crippen LogP contribution in [0.1, 0.15) is 5.56 Å². The molecule has 1 unspecified atom stereocenters. The first-order chi connectivity index (χ1) is 17.3. The number of anilines is 1. The van der Waals surface area contributed by atoms with E-state index in [1.807, 2.05) is 30.4 Å². The van der Waals surface area contributed by atoms with Gasteiger partial charge in [0.25, 0.3) is 0 Å². The number of phenolic OH excluding ortho intramolecular Hbond substituents is 1. The normalized spacial score (nSPS) is 13.3. The highest BCUT2D eigenvalue weighted by Crippen LogP contribution is 2.29. The lowest BCUT2D eigenvalue weighted by Crippen LogP contribution is -2.40. The molecule has 188 valence electrons. The van der Waals surface area contributed by atoms with Gasteiger partial charge in [0.15, 0.2) is 6.10 Å². The van der Waals surface area contributed by atoms with Crippen molar-refractivity contribution in [1.29, 1.82) is 0 Å². The average Bonchev–Trinajstić information content (AvgIpc) is 3.18. The van der Waals surface area contributed by atoms with Gasteiger partial charge in [-0.2, -0.15) is 13.2 Å². The van der Waals surface area contributed by atoms with Crippen molar-refractivity contribution in [3.05, 3.63) is 96.6 Å². The Bertz CT molecular complexity index is 1170. The number of ether oxygens (including phenoxy) is 1. The van der Waals surface area contributed by atoms with E-state index >= 15 is 0 Å². The number of nitrogens with zero attached hydrogens (tertiary/aromatic N) is 3. The highest BCUT2D eigenvalue weighted by molar-refractivity contribution is 5.80. The lowest BCUT2D eigenvalue weighted by atomic mass is 10.1. The molecule has 2 N–H and O–H groups in total. The Kier molecular flexibility index (Phi) is 9.64. The van der Waals surface area contributed by atoms with Gasteiger partial charge < -0.3 is 19.8 Å². The Labute approximate surface area is 207 Å². The molecular weight excluding hydrogens is 471 g/mol. The molecule has 0 aliphatic carbocycles. The molecule has 0 saturated carbocycles. The Morgan fingerprint density at radius 1 is 0.944 bits per heavy atom. The van der Waals surface area contributed by atoms with Crippen LogP contribution in [-0.4, -0.2) is 48.1 Å². The first-order valence-electron chi connectivity index (χ1n) is 11.1. The third-order valence-electron chi connectivity index (χ3n) is 4.88. The predicted molar refractivity (Wildman–Crippen MR) is 135 cm³/mol. The molecule has 0 bridgehead atoms. The number of benzene rings is 3. The van der Waals surface area contributed by atoms with E-state index in [1.54, 1.807) is 61.1 Å². The van der Waals surface area contributed by atoms with E-state index in [2.05, 4.69) is 9.98 Å². The van der Waals surface area contributed by atoms with Gasteiger partial charge in [0.05, 0.1) is 13.1 Å². The molecule has 0 aromatic heterocycles. The highest BCUT2D eigenvalue weighted by atomic mass is 19.4. The number of alkyl halides is 3. The molecule has 0 saturated heterocycles. The van der Waals surface area contributed by atoms with Crippen molar-refractivity contribution in [3.63, 3.8) is 0 Å². The van der Waals surface area contributed by atoms with E-state index in [0.29, 0.717) is 22.7 Å². The Morgan fingerprint density at radius 2 is 1.69 bits per heavy atom. The van der Waals surface area contributed by atoms with Gasteiger partial charge in [-0.1, -0.05) is 42.5 Å². The van der Waals surface area contributed by atoms with E-state index in [1.165, 1.54) is 17.0 Å². The number of aliphatic hydroxyl groups excluding tert-OH is 1. The molecule has 0 radical (unpaired) electrons. The van der Waals surface area contributed by atoms with Crippen molar-refractivity contribution in [2.24, 2.45) is 9.98 Å². The van der Waals surface area contributed by atoms with E-state index in [9.17, 15) is 23.4 Å². The second-order valence-corrected chi connectivity index (χ2v) is 7.73. The van der Waals surface area contributed by atoms with Gasteiger partial charge >= 0.3 is 6.18 Å². The van der Waals surface area contributed by atoms with E-state index in [4.69, 9.17) is 4.74 Å². The first-order valence-corrected chi connectivity index (χ1v) is 11.1. The highest BCUT2D eigenvalue weighted by Gasteiger charge is 2.39. The van der Waals surface area contributed by atoms with E-state index in [0.717, 1.165) is 6.54 Å². The maximum absolute atomic E-state index is 13.0. The fourth-order valence-corrected chi connectivity index (χ4v) is 3.18. The van der Waals surface area contributed by atoms with Gasteiger partial charge in [-0.3, -0.25) is 4.99 Å². The van der Waals surface area contributed by atoms with Crippen molar-refractivity contribution < 1.29 is 28.1 Å². The molecule has 0 fully saturated rings. The number of aliphatic hydroxyl groups is 1. The number of allylic oxidation sites excluding steroid dienone is 1. The second-order valence-electron chi connectivity index (χ2n) is 7.73. The molecule has 4 rings (SSSR count). The maximum Gasteiger partial charge on any atom is 0.416 e. The number of aromatic hydroxyl groups is 1. The molecule has 3 aromatic carbocycles. The SMILES string of the molecule is C1=CCN=CN=C1.Oc1cccc(CN(CC(O)C(F)(F)F)c2cccc(Oc3ccccc3)c2)c1. The molecule has 1 aliphatic heterocycles. The molecule has 0 spiro atoms. The summed E-state index contributed by atoms with van der Waals surface area (Å²) < 4.78 is 44.6. The predicted octanol–water partition coefficient (Wildman–Crippen LogP) is 5.77. The molecule has 6 nitrogen and oxygen atoms in total. The lowest BCUT2D eigenvalue weighted by Gasteiger charge is -2.28. The summed E-state index contributed by atoms with van der Waals surface area (Å²) in [6.07, 6.45) is -0.148. The zero-order valence-corrected chi connectivity index (χ0v) is 19.3. The number of aliphatic imine (C=N–C) groups is 2. The summed E-state index contributed by atoms with van der Waals surface area (Å²) in [5.41, 5.74) is 1.05. The largest absolute Gasteiger partial charge is 0.508 e. The number of rotatable bonds is 7. The van der Waals surface area contributed by atoms with Gasteiger partial charge in [0.2, 0.25) is 0 Å². The molecule has 9 heteroatoms. The van der Waals surface area contributed by atoms with Crippen molar-refractivity contribution >= 4 is 18.2 Å². The fraction of sp³-hybridized carbons (Fsp3) is 0.185. The van der Waals surface area contributed by atoms with Crippen molar-refractivity contribution in [2.75, 3.05) is 18.0 Å². The van der Waals surface area contributed by atoms with Crippen molar-refractivity contribution in [3.8, 4) is 17.2 Å². The van der Waals surface area contributed by atoms with Crippen LogP contribution < -0.4 is 9.64 Å². The van der Waals surface area contributed by atoms with Crippen LogP contribution in [-0.2, 0) is 6.54 Å². The summed E-state index contributed by atoms with van der Waals surface area (Å²) in [5.74, 6) is 1.07. The van der Waals surface area contributed by atoms with Crippen LogP contribution in [0.5, 0.6) is 17.2 Å². The molecule has 1 aliphatic rings. The number of halogens is 3. The van der Waals surface area contributed by atoms with Crippen LogP contribution in [0.2, 0.25) is 0 Å². The minimum absolute atomic E-state index is 0.0139. The van der Waals surface area contributed by atoms with Crippen LogP contribution in [0, 0.1) is 0 Å². The Hall–Kier alpha value is -4.11. The van der Waals surface area contributed by atoms with E-state index < -0.39 is 18.8 Å². The van der Waals surface area contributed by atoms with Crippen LogP contribution in [0.4, 0.5) is 18.9 Å². The summed E-state index contributed by atoms with van der Waals surface area (Å²) in [6.45, 7) is 0.171. The number of para-hydroxylation sites is 1. The summed E-state index contributed by atoms with van der Waals surface area (Å²) in [4.78, 5) is 9.02. The van der Waals surface area contributed by atoms with E-state index in [-0.39, 0.29) is 12.3 Å². The Morgan fingerprint density at radius 3 is 2.44 bits per heavy atom. The van der Waals surface area contributed by atoms with Crippen LogP contribution in [0.25, 0.3) is 0 Å². The third kappa shape index (κ3) is 8.92. The summed E-state index contributed by atoms with van der Waals surface area (Å²) in [5, 5.41) is 19.3. The molecule has 36 heavy (non-hydrogen) atoms. The summed E-state index contributed by atoms with van der Waals surface area (Å²) >= 11 is 0. The minimum atomic E-state index is -4.74. The third-order valence-corrected chi connectivity index (χ3v) is 4.88. The molecule has 3 aromatic rings. The lowest BCUT2D eigenvalue weighted by molar-refractivity contribution is -0.200. The molecule has 0 amide bonds. The summed E-state index contributed by atoms with van der Waals surface area (Å²) in [7, 11) is 0. The first kappa shape index (κ1) is 26.5. The maximum atomic E-state index is 13.0. The Balaban J connectivity index is 0.000000444. The molecular formula is C27H26F3N3O3. The number of phenols is 1. The zero-order chi connectivity index (χ0) is 25.8. The second kappa shape index (κ2) is 13.1. The average molecular weight is 498 g/mol. The molecule has 1 heterocycles. The van der Waals surface area contributed by atoms with Crippen molar-refractivity contribution in [2.45, 2.75) is 18.8 Å². The van der Waals surface area contributed by atoms with Gasteiger partial charge in [-0.05, 0) is 48.0 Å². The smallest absolute Gasteiger partial charge is 0.416 e. The topological polar surface area (TPSA) is 77.7 Å². The van der Waals surface area contributed by atoms with Crippen LogP contribution in [0.15, 0.2) is 101 Å². The molecule has 1 atom stereocenters. The monoisotopic (exact) mass is 497 g/mol. The number of hydrogen-bond donors (Lipinski definition) is 2. The van der Waals surface area contributed by atoms with Crippen LogP contribution in [0.3, 0.4) is 0 Å². The fourth-order valence-electron chi connectivity index (χ4n) is 3.18. The van der Waals surface area contributed by atoms with Gasteiger partial charge in [0, 0.05) is 24.5 Å². The standard InChI is InChI=1S/C22H20F3NO3.C5H6N2/c23-22(24,25)21(28)15-26(14-16-6-4-8-18(27)12-16)17-7-5-11-20(13-17)29-19-9-2-1-3-10-19;1-2-4-7-5-6-3-1/h1-13,21,27-28H,14-15H2;1-3,5H,4H2. The van der Waals surface area contributed by atoms with Gasteiger partial charge in [-0.25, -0.2) is 4.99 Å². The summed E-state index contributed by atoms with van der Waals surface area (Å²) in [6, 6.07) is 21.9. The van der Waals surface area contributed by atoms with Crippen molar-refractivity contribution in [1.82, 2.24) is 0 Å². The number of hydrogen-bond acceptors (Lipinski definition) is 6. The minimum Gasteiger partial charge on any atom is -0.508 e. The van der Waals surface area contributed by atoms with Gasteiger partial charge in [0.1, 0.15) is 23.6 Å². The van der Waals surface area contributed by atoms with Crippen LogP contribution >= 0.6 is 0 Å². The van der Waals surface area contributed by atoms with Gasteiger partial charge in [-0.15, -0.1) is 0 Å². The zero-order valence-electron chi connectivity index (χ0n) is 19.3. The quantitative estimate of drug-likeness (QED) is 0.435.